The average molecular weight is 437 g/mol. The molecule has 0 saturated carbocycles. The van der Waals surface area contributed by atoms with Gasteiger partial charge in [0.15, 0.2) is 11.5 Å². The molecule has 4 aromatic rings. The van der Waals surface area contributed by atoms with Crippen LogP contribution in [0.3, 0.4) is 0 Å². The summed E-state index contributed by atoms with van der Waals surface area (Å²) in [5.74, 6) is 0.854. The molecule has 7 heteroatoms. The molecule has 0 bridgehead atoms. The van der Waals surface area contributed by atoms with Gasteiger partial charge in [-0.1, -0.05) is 35.9 Å². The van der Waals surface area contributed by atoms with E-state index in [4.69, 9.17) is 21.1 Å². The van der Waals surface area contributed by atoms with Crippen molar-refractivity contribution in [2.24, 2.45) is 0 Å². The number of ether oxygens (including phenoxy) is 2. The third kappa shape index (κ3) is 3.70. The molecule has 0 aliphatic rings. The largest absolute Gasteiger partial charge is 0.493 e. The number of hydrogen-bond acceptors (Lipinski definition) is 4. The van der Waals surface area contributed by atoms with Gasteiger partial charge < -0.3 is 9.47 Å². The minimum Gasteiger partial charge on any atom is -0.493 e. The van der Waals surface area contributed by atoms with Gasteiger partial charge in [0.2, 0.25) is 0 Å². The molecule has 3 aromatic carbocycles. The summed E-state index contributed by atoms with van der Waals surface area (Å²) < 4.78 is 13.5. The van der Waals surface area contributed by atoms with E-state index in [0.717, 1.165) is 15.7 Å². The Labute approximate surface area is 183 Å². The van der Waals surface area contributed by atoms with E-state index in [0.29, 0.717) is 39.7 Å². The summed E-state index contributed by atoms with van der Waals surface area (Å²) in [5.41, 5.74) is 2.05. The Balaban J connectivity index is 2.10. The monoisotopic (exact) mass is 436 g/mol. The average Bonchev–Trinajstić information content (AvgIpc) is 2.78. The zero-order chi connectivity index (χ0) is 22.1. The van der Waals surface area contributed by atoms with E-state index in [-0.39, 0.29) is 0 Å². The standard InChI is InChI=1S/C24H21ClN2O4/c1-15-6-4-5-7-16(15)14-26-20-13-22(31-3)21(30-2)12-19(20)23(28)27(24(26)29)18-10-8-17(25)9-11-18/h4-13H,14H2,1-3H3. The van der Waals surface area contributed by atoms with Crippen LogP contribution in [0.4, 0.5) is 0 Å². The molecule has 6 nitrogen and oxygen atoms in total. The highest BCUT2D eigenvalue weighted by Gasteiger charge is 2.18. The number of benzene rings is 3. The Bertz CT molecular complexity index is 1390. The minimum absolute atomic E-state index is 0.297. The second-order valence-corrected chi connectivity index (χ2v) is 7.57. The molecule has 1 aromatic heterocycles. The van der Waals surface area contributed by atoms with Gasteiger partial charge in [-0.2, -0.15) is 0 Å². The molecule has 0 N–H and O–H groups in total. The Kier molecular flexibility index (Phi) is 5.57. The van der Waals surface area contributed by atoms with Crippen molar-refractivity contribution in [3.8, 4) is 17.2 Å². The molecule has 0 fully saturated rings. The fourth-order valence-corrected chi connectivity index (χ4v) is 3.75. The highest BCUT2D eigenvalue weighted by atomic mass is 35.5. The van der Waals surface area contributed by atoms with Crippen molar-refractivity contribution in [1.82, 2.24) is 9.13 Å². The van der Waals surface area contributed by atoms with Crippen LogP contribution in [0.25, 0.3) is 16.6 Å². The highest BCUT2D eigenvalue weighted by Crippen LogP contribution is 2.31. The fraction of sp³-hybridized carbons (Fsp3) is 0.167. The van der Waals surface area contributed by atoms with Crippen LogP contribution in [-0.2, 0) is 6.54 Å². The lowest BCUT2D eigenvalue weighted by Gasteiger charge is -2.17. The molecule has 0 saturated heterocycles. The molecule has 1 heterocycles. The molecule has 4 rings (SSSR count). The molecular formula is C24H21ClN2O4. The summed E-state index contributed by atoms with van der Waals surface area (Å²) in [6.45, 7) is 2.28. The van der Waals surface area contributed by atoms with Crippen molar-refractivity contribution in [2.45, 2.75) is 13.5 Å². The number of nitrogens with zero attached hydrogens (tertiary/aromatic N) is 2. The Morgan fingerprint density at radius 2 is 1.55 bits per heavy atom. The molecule has 158 valence electrons. The topological polar surface area (TPSA) is 62.5 Å². The maximum absolute atomic E-state index is 13.6. The van der Waals surface area contributed by atoms with Crippen molar-refractivity contribution >= 4 is 22.5 Å². The summed E-state index contributed by atoms with van der Waals surface area (Å²) in [5, 5.41) is 0.866. The quantitative estimate of drug-likeness (QED) is 0.471. The predicted molar refractivity (Wildman–Crippen MR) is 122 cm³/mol. The van der Waals surface area contributed by atoms with E-state index >= 15 is 0 Å². The molecule has 0 aliphatic heterocycles. The normalized spacial score (nSPS) is 11.0. The van der Waals surface area contributed by atoms with E-state index < -0.39 is 11.2 Å². The van der Waals surface area contributed by atoms with Crippen LogP contribution < -0.4 is 20.7 Å². The number of aryl methyl sites for hydroxylation is 1. The van der Waals surface area contributed by atoms with E-state index in [2.05, 4.69) is 0 Å². The maximum atomic E-state index is 13.6. The second kappa shape index (κ2) is 8.32. The Morgan fingerprint density at radius 1 is 0.903 bits per heavy atom. The van der Waals surface area contributed by atoms with Gasteiger partial charge in [-0.15, -0.1) is 0 Å². The van der Waals surface area contributed by atoms with Crippen LogP contribution in [0.2, 0.25) is 5.02 Å². The zero-order valence-corrected chi connectivity index (χ0v) is 18.1. The van der Waals surface area contributed by atoms with E-state index in [1.807, 2.05) is 31.2 Å². The van der Waals surface area contributed by atoms with E-state index in [1.165, 1.54) is 14.2 Å². The van der Waals surface area contributed by atoms with Crippen molar-refractivity contribution < 1.29 is 9.47 Å². The molecule has 0 aliphatic carbocycles. The van der Waals surface area contributed by atoms with Crippen molar-refractivity contribution in [2.75, 3.05) is 14.2 Å². The van der Waals surface area contributed by atoms with Crippen LogP contribution in [-0.4, -0.2) is 23.4 Å². The number of halogens is 1. The predicted octanol–water partition coefficient (Wildman–Crippen LogP) is 4.18. The summed E-state index contributed by atoms with van der Waals surface area (Å²) in [6.07, 6.45) is 0. The van der Waals surface area contributed by atoms with Crippen LogP contribution in [0.15, 0.2) is 70.3 Å². The van der Waals surface area contributed by atoms with Crippen molar-refractivity contribution in [3.05, 3.63) is 97.7 Å². The first-order valence-corrected chi connectivity index (χ1v) is 10.0. The summed E-state index contributed by atoms with van der Waals surface area (Å²) in [6, 6.07) is 17.7. The first-order chi connectivity index (χ1) is 14.9. The fourth-order valence-electron chi connectivity index (χ4n) is 3.62. The highest BCUT2D eigenvalue weighted by molar-refractivity contribution is 6.30. The molecule has 31 heavy (non-hydrogen) atoms. The van der Waals surface area contributed by atoms with Gasteiger partial charge in [-0.3, -0.25) is 9.36 Å². The van der Waals surface area contributed by atoms with Crippen molar-refractivity contribution in [1.29, 1.82) is 0 Å². The van der Waals surface area contributed by atoms with Gasteiger partial charge in [0.05, 0.1) is 37.4 Å². The maximum Gasteiger partial charge on any atom is 0.336 e. The van der Waals surface area contributed by atoms with Crippen LogP contribution in [0.1, 0.15) is 11.1 Å². The van der Waals surface area contributed by atoms with Crippen molar-refractivity contribution in [3.63, 3.8) is 0 Å². The van der Waals surface area contributed by atoms with Crippen LogP contribution >= 0.6 is 11.6 Å². The second-order valence-electron chi connectivity index (χ2n) is 7.14. The third-order valence-corrected chi connectivity index (χ3v) is 5.57. The van der Waals surface area contributed by atoms with Gasteiger partial charge in [-0.25, -0.2) is 9.36 Å². The Morgan fingerprint density at radius 3 is 2.19 bits per heavy atom. The molecule has 0 unspecified atom stereocenters. The van der Waals surface area contributed by atoms with Gasteiger partial charge in [0.25, 0.3) is 5.56 Å². The van der Waals surface area contributed by atoms with Crippen LogP contribution in [0.5, 0.6) is 11.5 Å². The first kappa shape index (κ1) is 20.8. The molecule has 0 atom stereocenters. The summed E-state index contributed by atoms with van der Waals surface area (Å²) in [7, 11) is 3.02. The lowest BCUT2D eigenvalue weighted by molar-refractivity contribution is 0.355. The third-order valence-electron chi connectivity index (χ3n) is 5.32. The SMILES string of the molecule is COc1cc2c(=O)n(-c3ccc(Cl)cc3)c(=O)n(Cc3ccccc3C)c2cc1OC. The number of fused-ring (bicyclic) bond motifs is 1. The van der Waals surface area contributed by atoms with Gasteiger partial charge in [0, 0.05) is 11.1 Å². The smallest absolute Gasteiger partial charge is 0.336 e. The molecular weight excluding hydrogens is 416 g/mol. The zero-order valence-electron chi connectivity index (χ0n) is 17.4. The van der Waals surface area contributed by atoms with Gasteiger partial charge in [-0.05, 0) is 48.4 Å². The van der Waals surface area contributed by atoms with Gasteiger partial charge in [0.1, 0.15) is 0 Å². The first-order valence-electron chi connectivity index (χ1n) is 9.66. The van der Waals surface area contributed by atoms with E-state index in [1.54, 1.807) is 41.0 Å². The molecule has 0 spiro atoms. The molecule has 0 radical (unpaired) electrons. The Hall–Kier alpha value is -3.51. The van der Waals surface area contributed by atoms with Crippen LogP contribution in [0, 0.1) is 6.92 Å². The lowest BCUT2D eigenvalue weighted by atomic mass is 10.1. The minimum atomic E-state index is -0.449. The van der Waals surface area contributed by atoms with E-state index in [9.17, 15) is 9.59 Å². The van der Waals surface area contributed by atoms with Gasteiger partial charge >= 0.3 is 5.69 Å². The lowest BCUT2D eigenvalue weighted by Crippen LogP contribution is -2.39. The number of aromatic nitrogens is 2. The number of rotatable bonds is 5. The summed E-state index contributed by atoms with van der Waals surface area (Å²) >= 11 is 6.00. The molecule has 0 amide bonds. The summed E-state index contributed by atoms with van der Waals surface area (Å²) in [4.78, 5) is 27.0. The number of methoxy groups -OCH3 is 2. The number of hydrogen-bond donors (Lipinski definition) is 0.